The fourth-order valence-electron chi connectivity index (χ4n) is 3.71. The summed E-state index contributed by atoms with van der Waals surface area (Å²) in [6.45, 7) is 6.70. The molecular formula is C26H27N3O5S. The fraction of sp³-hybridized carbons (Fsp3) is 0.308. The molecule has 0 saturated heterocycles. The molecular weight excluding hydrogens is 466 g/mol. The number of carbonyl (C=O) groups is 1. The van der Waals surface area contributed by atoms with Gasteiger partial charge in [0.15, 0.2) is 0 Å². The topological polar surface area (TPSA) is 121 Å². The number of aliphatic carboxylic acids is 1. The van der Waals surface area contributed by atoms with Gasteiger partial charge in [0, 0.05) is 30.1 Å². The number of nitrogens with zero attached hydrogens (tertiary/aromatic N) is 2. The maximum atomic E-state index is 12.9. The molecule has 0 saturated carbocycles. The molecule has 0 spiro atoms. The number of carboxylic acid groups (broad SMARTS) is 1. The Labute approximate surface area is 205 Å². The lowest BCUT2D eigenvalue weighted by atomic mass is 10.0. The summed E-state index contributed by atoms with van der Waals surface area (Å²) >= 11 is 0. The number of nitrogens with one attached hydrogen (secondary N) is 1. The van der Waals surface area contributed by atoms with E-state index in [0.29, 0.717) is 29.3 Å². The number of nitriles is 1. The van der Waals surface area contributed by atoms with Crippen LogP contribution in [-0.2, 0) is 27.8 Å². The highest BCUT2D eigenvalue weighted by atomic mass is 32.2. The summed E-state index contributed by atoms with van der Waals surface area (Å²) < 4.78 is 35.6. The highest BCUT2D eigenvalue weighted by Gasteiger charge is 2.27. The number of aromatic nitrogens is 1. The summed E-state index contributed by atoms with van der Waals surface area (Å²) in [5, 5.41) is 19.9. The fourth-order valence-corrected chi connectivity index (χ4v) is 4.90. The zero-order valence-electron chi connectivity index (χ0n) is 19.8. The summed E-state index contributed by atoms with van der Waals surface area (Å²) in [5.74, 6) is 4.94. The maximum absolute atomic E-state index is 12.9. The Kier molecular flexibility index (Phi) is 8.18. The first kappa shape index (κ1) is 25.8. The van der Waals surface area contributed by atoms with Gasteiger partial charge in [-0.25, -0.2) is 8.42 Å². The van der Waals surface area contributed by atoms with Gasteiger partial charge in [-0.2, -0.15) is 9.98 Å². The third-order valence-electron chi connectivity index (χ3n) is 5.30. The first-order valence-electron chi connectivity index (χ1n) is 11.0. The second kappa shape index (κ2) is 11.1. The SMILES string of the molecule is CC#CCOc1ccc(S(=O)(=O)N[C@@H](Cc2cn(CC(C)C)c3ccc(C#N)cc23)C(=O)O)cc1. The Balaban J connectivity index is 1.88. The summed E-state index contributed by atoms with van der Waals surface area (Å²) in [6.07, 6.45) is 1.75. The number of hydrogen-bond donors (Lipinski definition) is 2. The standard InChI is InChI=1S/C26H27N3O5S/c1-4-5-12-34-21-7-9-22(10-8-21)35(32,33)28-24(26(30)31)14-20-17-29(16-18(2)3)25-11-6-19(15-27)13-23(20)25/h6-11,13,17-18,24,28H,12,14,16H2,1-3H3,(H,30,31)/t24-/m0/s1. The van der Waals surface area contributed by atoms with Crippen LogP contribution >= 0.6 is 0 Å². The van der Waals surface area contributed by atoms with E-state index < -0.39 is 22.0 Å². The van der Waals surface area contributed by atoms with Gasteiger partial charge < -0.3 is 14.4 Å². The number of carboxylic acids is 1. The minimum Gasteiger partial charge on any atom is -0.481 e. The van der Waals surface area contributed by atoms with E-state index in [1.165, 1.54) is 24.3 Å². The van der Waals surface area contributed by atoms with Gasteiger partial charge in [0.1, 0.15) is 18.4 Å². The number of ether oxygens (including phenoxy) is 1. The van der Waals surface area contributed by atoms with Crippen LogP contribution in [0.3, 0.4) is 0 Å². The second-order valence-electron chi connectivity index (χ2n) is 8.45. The molecule has 9 heteroatoms. The van der Waals surface area contributed by atoms with Gasteiger partial charge >= 0.3 is 5.97 Å². The Hall–Kier alpha value is -3.79. The Morgan fingerprint density at radius 3 is 2.51 bits per heavy atom. The lowest BCUT2D eigenvalue weighted by Gasteiger charge is -2.15. The van der Waals surface area contributed by atoms with Crippen LogP contribution in [0.15, 0.2) is 53.6 Å². The molecule has 3 aromatic rings. The molecule has 35 heavy (non-hydrogen) atoms. The van der Waals surface area contributed by atoms with E-state index in [1.807, 2.05) is 16.8 Å². The van der Waals surface area contributed by atoms with E-state index in [2.05, 4.69) is 36.5 Å². The second-order valence-corrected chi connectivity index (χ2v) is 10.2. The van der Waals surface area contributed by atoms with Crippen molar-refractivity contribution in [1.29, 1.82) is 5.26 Å². The van der Waals surface area contributed by atoms with Crippen molar-refractivity contribution in [3.05, 3.63) is 59.8 Å². The molecule has 0 aliphatic carbocycles. The first-order chi connectivity index (χ1) is 16.6. The van der Waals surface area contributed by atoms with Crippen molar-refractivity contribution in [2.45, 2.75) is 44.7 Å². The molecule has 2 aromatic carbocycles. The van der Waals surface area contributed by atoms with E-state index in [4.69, 9.17) is 4.74 Å². The number of hydrogen-bond acceptors (Lipinski definition) is 5. The predicted molar refractivity (Wildman–Crippen MR) is 132 cm³/mol. The lowest BCUT2D eigenvalue weighted by Crippen LogP contribution is -2.42. The lowest BCUT2D eigenvalue weighted by molar-refractivity contribution is -0.138. The van der Waals surface area contributed by atoms with Gasteiger partial charge in [-0.3, -0.25) is 4.79 Å². The highest BCUT2D eigenvalue weighted by molar-refractivity contribution is 7.89. The average molecular weight is 494 g/mol. The molecule has 0 aliphatic heterocycles. The van der Waals surface area contributed by atoms with Crippen molar-refractivity contribution in [3.8, 4) is 23.7 Å². The van der Waals surface area contributed by atoms with Crippen LogP contribution < -0.4 is 9.46 Å². The van der Waals surface area contributed by atoms with Crippen LogP contribution in [0.4, 0.5) is 0 Å². The molecule has 2 N–H and O–H groups in total. The van der Waals surface area contributed by atoms with E-state index >= 15 is 0 Å². The molecule has 0 radical (unpaired) electrons. The summed E-state index contributed by atoms with van der Waals surface area (Å²) in [4.78, 5) is 12.0. The van der Waals surface area contributed by atoms with E-state index in [9.17, 15) is 23.6 Å². The molecule has 0 fully saturated rings. The summed E-state index contributed by atoms with van der Waals surface area (Å²) in [5.41, 5.74) is 1.96. The molecule has 1 heterocycles. The van der Waals surface area contributed by atoms with Crippen LogP contribution in [0.2, 0.25) is 0 Å². The molecule has 1 atom stereocenters. The quantitative estimate of drug-likeness (QED) is 0.417. The molecule has 3 rings (SSSR count). The summed E-state index contributed by atoms with van der Waals surface area (Å²) in [6, 6.07) is 11.6. The molecule has 0 amide bonds. The molecule has 182 valence electrons. The van der Waals surface area contributed by atoms with Crippen molar-refractivity contribution in [2.75, 3.05) is 6.61 Å². The van der Waals surface area contributed by atoms with Crippen molar-refractivity contribution in [2.24, 2.45) is 5.92 Å². The van der Waals surface area contributed by atoms with E-state index in [1.54, 1.807) is 19.1 Å². The molecule has 0 unspecified atom stereocenters. The number of fused-ring (bicyclic) bond motifs is 1. The van der Waals surface area contributed by atoms with Gasteiger partial charge in [-0.1, -0.05) is 19.8 Å². The normalized spacial score (nSPS) is 12.1. The molecule has 0 bridgehead atoms. The largest absolute Gasteiger partial charge is 0.481 e. The smallest absolute Gasteiger partial charge is 0.322 e. The van der Waals surface area contributed by atoms with Crippen LogP contribution in [0, 0.1) is 29.1 Å². The number of sulfonamides is 1. The average Bonchev–Trinajstić information content (AvgIpc) is 3.14. The van der Waals surface area contributed by atoms with Crippen LogP contribution in [0.1, 0.15) is 31.9 Å². The molecule has 8 nitrogen and oxygen atoms in total. The van der Waals surface area contributed by atoms with E-state index in [0.717, 1.165) is 10.9 Å². The first-order valence-corrected chi connectivity index (χ1v) is 12.5. The van der Waals surface area contributed by atoms with Crippen molar-refractivity contribution >= 4 is 26.9 Å². The zero-order chi connectivity index (χ0) is 25.6. The third-order valence-corrected chi connectivity index (χ3v) is 6.78. The van der Waals surface area contributed by atoms with Crippen LogP contribution in [0.25, 0.3) is 10.9 Å². The molecule has 1 aromatic heterocycles. The van der Waals surface area contributed by atoms with Gasteiger partial charge in [0.05, 0.1) is 16.5 Å². The van der Waals surface area contributed by atoms with Gasteiger partial charge in [-0.15, -0.1) is 5.92 Å². The van der Waals surface area contributed by atoms with Crippen molar-refractivity contribution < 1.29 is 23.1 Å². The Bertz CT molecular complexity index is 1420. The van der Waals surface area contributed by atoms with Gasteiger partial charge in [0.25, 0.3) is 0 Å². The minimum atomic E-state index is -4.12. The molecule has 0 aliphatic rings. The van der Waals surface area contributed by atoms with Crippen LogP contribution in [0.5, 0.6) is 5.75 Å². The third kappa shape index (κ3) is 6.42. The Morgan fingerprint density at radius 2 is 1.91 bits per heavy atom. The summed E-state index contributed by atoms with van der Waals surface area (Å²) in [7, 11) is -4.12. The number of rotatable bonds is 10. The highest BCUT2D eigenvalue weighted by Crippen LogP contribution is 2.26. The Morgan fingerprint density at radius 1 is 1.20 bits per heavy atom. The maximum Gasteiger partial charge on any atom is 0.322 e. The van der Waals surface area contributed by atoms with Crippen LogP contribution in [-0.4, -0.2) is 36.7 Å². The van der Waals surface area contributed by atoms with Gasteiger partial charge in [-0.05, 0) is 60.9 Å². The predicted octanol–water partition coefficient (Wildman–Crippen LogP) is 3.55. The minimum absolute atomic E-state index is 0.0771. The zero-order valence-corrected chi connectivity index (χ0v) is 20.6. The van der Waals surface area contributed by atoms with Gasteiger partial charge in [0.2, 0.25) is 10.0 Å². The monoisotopic (exact) mass is 493 g/mol. The van der Waals surface area contributed by atoms with E-state index in [-0.39, 0.29) is 17.9 Å². The van der Waals surface area contributed by atoms with Crippen molar-refractivity contribution in [3.63, 3.8) is 0 Å². The number of benzene rings is 2. The van der Waals surface area contributed by atoms with Crippen molar-refractivity contribution in [1.82, 2.24) is 9.29 Å².